The number of hydrogen-bond donors (Lipinski definition) is 0. The fourth-order valence-corrected chi connectivity index (χ4v) is 5.63. The molecule has 2 heterocycles. The van der Waals surface area contributed by atoms with Gasteiger partial charge in [0.05, 0.1) is 31.4 Å². The van der Waals surface area contributed by atoms with E-state index in [1.54, 1.807) is 38.6 Å². The molecule has 0 saturated carbocycles. The van der Waals surface area contributed by atoms with Gasteiger partial charge < -0.3 is 19.1 Å². The van der Waals surface area contributed by atoms with Crippen LogP contribution in [-0.2, 0) is 21.6 Å². The number of amidine groups is 1. The molecule has 222 valence electrons. The Morgan fingerprint density at radius 2 is 1.60 bits per heavy atom. The summed E-state index contributed by atoms with van der Waals surface area (Å²) in [6, 6.07) is 23.6. The van der Waals surface area contributed by atoms with Gasteiger partial charge >= 0.3 is 5.97 Å². The molecule has 0 N–H and O–H groups in total. The number of rotatable bonds is 10. The van der Waals surface area contributed by atoms with Gasteiger partial charge in [-0.15, -0.1) is 0 Å². The van der Waals surface area contributed by atoms with E-state index in [0.29, 0.717) is 45.1 Å². The molecule has 1 aromatic heterocycles. The molecular formula is C34H33Cl2N3O4. The van der Waals surface area contributed by atoms with Gasteiger partial charge in [-0.25, -0.2) is 9.79 Å². The highest BCUT2D eigenvalue weighted by Crippen LogP contribution is 2.51. The van der Waals surface area contributed by atoms with Crippen molar-refractivity contribution in [2.24, 2.45) is 4.99 Å². The summed E-state index contributed by atoms with van der Waals surface area (Å²) in [6.07, 6.45) is 3.37. The number of aliphatic imine (C=N–C) groups is 1. The second kappa shape index (κ2) is 13.1. The number of ether oxygens (including phenoxy) is 3. The zero-order valence-electron chi connectivity index (χ0n) is 24.5. The maximum Gasteiger partial charge on any atom is 0.341 e. The van der Waals surface area contributed by atoms with Crippen LogP contribution in [0.5, 0.6) is 11.5 Å². The number of halogens is 2. The van der Waals surface area contributed by atoms with E-state index in [2.05, 4.69) is 9.88 Å². The van der Waals surface area contributed by atoms with Gasteiger partial charge in [-0.3, -0.25) is 4.98 Å². The van der Waals surface area contributed by atoms with Crippen molar-refractivity contribution in [3.8, 4) is 11.5 Å². The van der Waals surface area contributed by atoms with Gasteiger partial charge in [-0.2, -0.15) is 0 Å². The van der Waals surface area contributed by atoms with Crippen LogP contribution in [-0.4, -0.2) is 41.5 Å². The first kappa shape index (κ1) is 30.4. The van der Waals surface area contributed by atoms with Gasteiger partial charge in [0, 0.05) is 35.1 Å². The molecule has 0 unspecified atom stereocenters. The fraction of sp³-hybridized carbons (Fsp3) is 0.265. The van der Waals surface area contributed by atoms with E-state index in [1.807, 2.05) is 80.6 Å². The van der Waals surface area contributed by atoms with Crippen LogP contribution in [0.15, 0.2) is 96.2 Å². The van der Waals surface area contributed by atoms with Crippen LogP contribution in [0.1, 0.15) is 49.1 Å². The Bertz CT molecular complexity index is 1590. The highest BCUT2D eigenvalue weighted by molar-refractivity contribution is 6.30. The van der Waals surface area contributed by atoms with E-state index in [1.165, 1.54) is 0 Å². The molecule has 9 heteroatoms. The summed E-state index contributed by atoms with van der Waals surface area (Å²) in [5.74, 6) is 1.31. The second-order valence-electron chi connectivity index (χ2n) is 10.4. The lowest BCUT2D eigenvalue weighted by molar-refractivity contribution is -0.151. The van der Waals surface area contributed by atoms with Gasteiger partial charge in [-0.1, -0.05) is 47.5 Å². The first-order valence-corrected chi connectivity index (χ1v) is 14.8. The van der Waals surface area contributed by atoms with Crippen molar-refractivity contribution in [1.82, 2.24) is 9.88 Å². The average molecular weight is 619 g/mol. The highest BCUT2D eigenvalue weighted by atomic mass is 35.5. The summed E-state index contributed by atoms with van der Waals surface area (Å²) < 4.78 is 17.6. The highest BCUT2D eigenvalue weighted by Gasteiger charge is 2.57. The molecule has 43 heavy (non-hydrogen) atoms. The number of nitrogens with zero attached hydrogens (tertiary/aromatic N) is 3. The molecule has 0 aliphatic carbocycles. The number of carbonyl (C=O) groups is 1. The van der Waals surface area contributed by atoms with E-state index in [4.69, 9.17) is 42.4 Å². The number of esters is 1. The summed E-state index contributed by atoms with van der Waals surface area (Å²) in [5, 5.41) is 1.13. The lowest BCUT2D eigenvalue weighted by Crippen LogP contribution is -2.44. The Kier molecular flexibility index (Phi) is 9.23. The zero-order chi connectivity index (χ0) is 30.6. The summed E-state index contributed by atoms with van der Waals surface area (Å²) in [7, 11) is 1.61. The Labute approximate surface area is 262 Å². The molecule has 2 atom stereocenters. The number of methoxy groups -OCH3 is 1. The minimum atomic E-state index is -1.49. The molecule has 3 aromatic carbocycles. The van der Waals surface area contributed by atoms with Crippen LogP contribution in [0.4, 0.5) is 0 Å². The third-order valence-corrected chi connectivity index (χ3v) is 7.72. The maximum absolute atomic E-state index is 14.4. The van der Waals surface area contributed by atoms with E-state index in [0.717, 1.165) is 11.1 Å². The van der Waals surface area contributed by atoms with Crippen molar-refractivity contribution in [3.63, 3.8) is 0 Å². The lowest BCUT2D eigenvalue weighted by atomic mass is 9.79. The molecule has 4 aromatic rings. The Morgan fingerprint density at radius 1 is 0.953 bits per heavy atom. The zero-order valence-corrected chi connectivity index (χ0v) is 26.0. The molecule has 5 rings (SSSR count). The number of benzene rings is 3. The van der Waals surface area contributed by atoms with E-state index >= 15 is 0 Å². The van der Waals surface area contributed by atoms with E-state index in [9.17, 15) is 4.79 Å². The number of aromatic nitrogens is 1. The molecular weight excluding hydrogens is 585 g/mol. The molecule has 7 nitrogen and oxygen atoms in total. The third-order valence-electron chi connectivity index (χ3n) is 7.21. The molecule has 1 aliphatic rings. The molecule has 1 aliphatic heterocycles. The first-order chi connectivity index (χ1) is 20.8. The quantitative estimate of drug-likeness (QED) is 0.170. The Morgan fingerprint density at radius 3 is 2.21 bits per heavy atom. The van der Waals surface area contributed by atoms with Crippen LogP contribution in [0.25, 0.3) is 0 Å². The lowest BCUT2D eigenvalue weighted by Gasteiger charge is -2.37. The Balaban J connectivity index is 1.85. The van der Waals surface area contributed by atoms with Gasteiger partial charge in [0.15, 0.2) is 0 Å². The summed E-state index contributed by atoms with van der Waals surface area (Å²) in [5.41, 5.74) is 1.68. The van der Waals surface area contributed by atoms with Crippen molar-refractivity contribution in [1.29, 1.82) is 0 Å². The van der Waals surface area contributed by atoms with Gasteiger partial charge in [0.2, 0.25) is 5.54 Å². The monoisotopic (exact) mass is 617 g/mol. The molecule has 0 bridgehead atoms. The first-order valence-electron chi connectivity index (χ1n) is 14.1. The van der Waals surface area contributed by atoms with Crippen LogP contribution in [0.3, 0.4) is 0 Å². The van der Waals surface area contributed by atoms with Crippen molar-refractivity contribution in [2.45, 2.75) is 45.0 Å². The van der Waals surface area contributed by atoms with Gasteiger partial charge in [-0.05, 0) is 86.0 Å². The predicted octanol–water partition coefficient (Wildman–Crippen LogP) is 7.65. The van der Waals surface area contributed by atoms with E-state index < -0.39 is 17.6 Å². The topological polar surface area (TPSA) is 73.2 Å². The molecule has 0 amide bonds. The number of carbonyl (C=O) groups excluding carboxylic acids is 1. The summed E-state index contributed by atoms with van der Waals surface area (Å²) in [6.45, 7) is 6.30. The smallest absolute Gasteiger partial charge is 0.341 e. The minimum absolute atomic E-state index is 0.125. The number of pyridine rings is 1. The normalized spacial score (nSPS) is 18.0. The van der Waals surface area contributed by atoms with Gasteiger partial charge in [0.25, 0.3) is 0 Å². The average Bonchev–Trinajstić information content (AvgIpc) is 3.33. The Hall–Kier alpha value is -4.07. The molecule has 0 spiro atoms. The van der Waals surface area contributed by atoms with Gasteiger partial charge in [0.1, 0.15) is 17.3 Å². The van der Waals surface area contributed by atoms with Crippen LogP contribution in [0.2, 0.25) is 10.0 Å². The van der Waals surface area contributed by atoms with Crippen molar-refractivity contribution in [2.75, 3.05) is 13.7 Å². The largest absolute Gasteiger partial charge is 0.497 e. The minimum Gasteiger partial charge on any atom is -0.497 e. The van der Waals surface area contributed by atoms with Crippen LogP contribution < -0.4 is 9.47 Å². The molecule has 0 fully saturated rings. The number of hydrogen-bond acceptors (Lipinski definition) is 7. The second-order valence-corrected chi connectivity index (χ2v) is 11.3. The summed E-state index contributed by atoms with van der Waals surface area (Å²) >= 11 is 12.7. The van der Waals surface area contributed by atoms with E-state index in [-0.39, 0.29) is 12.7 Å². The molecule has 0 saturated heterocycles. The van der Waals surface area contributed by atoms with Crippen molar-refractivity contribution in [3.05, 3.63) is 124 Å². The van der Waals surface area contributed by atoms with Crippen LogP contribution >= 0.6 is 23.2 Å². The standard InChI is InChI=1S/C34H33Cl2N3O4/c1-5-42-33(40)34(25-8-12-27(36)13-9-25)31(24-6-10-26(35)11-7-24)39(21-23-16-18-37-19-17-23)32(38-34)29-15-14-28(41-4)20-30(29)43-22(2)3/h6-20,22,31H,5,21H2,1-4H3/t31-,34+/m1/s1. The molecule has 0 radical (unpaired) electrons. The van der Waals surface area contributed by atoms with Crippen molar-refractivity contribution < 1.29 is 19.0 Å². The fourth-order valence-electron chi connectivity index (χ4n) is 5.38. The SMILES string of the molecule is CCOC(=O)[C@@]1(c2ccc(Cl)cc2)N=C(c2ccc(OC)cc2OC(C)C)N(Cc2ccncc2)[C@@H]1c1ccc(Cl)cc1. The maximum atomic E-state index is 14.4. The summed E-state index contributed by atoms with van der Waals surface area (Å²) in [4.78, 5) is 26.0. The predicted molar refractivity (Wildman–Crippen MR) is 169 cm³/mol. The van der Waals surface area contributed by atoms with Crippen molar-refractivity contribution >= 4 is 35.0 Å². The van der Waals surface area contributed by atoms with Crippen LogP contribution in [0, 0.1) is 0 Å². The third kappa shape index (κ3) is 6.19.